The van der Waals surface area contributed by atoms with Crippen molar-refractivity contribution in [2.24, 2.45) is 11.3 Å². The van der Waals surface area contributed by atoms with Crippen LogP contribution in [0.2, 0.25) is 0 Å². The van der Waals surface area contributed by atoms with E-state index in [0.717, 1.165) is 6.42 Å². The summed E-state index contributed by atoms with van der Waals surface area (Å²) < 4.78 is 5.59. The minimum Gasteiger partial charge on any atom is -0.462 e. The standard InChI is InChI=1S/C16H28O3/c1-12-8-5-6-11-16(12,4)14(3)19-15(18)10-7-9-13(2)17/h12,14H,5-11H2,1-4H3. The molecule has 3 atom stereocenters. The first-order valence-electron chi connectivity index (χ1n) is 7.55. The largest absolute Gasteiger partial charge is 0.462 e. The number of hydrogen-bond donors (Lipinski definition) is 0. The van der Waals surface area contributed by atoms with Crippen LogP contribution in [0, 0.1) is 11.3 Å². The molecule has 19 heavy (non-hydrogen) atoms. The van der Waals surface area contributed by atoms with Gasteiger partial charge in [-0.25, -0.2) is 0 Å². The Morgan fingerprint density at radius 2 is 2.00 bits per heavy atom. The topological polar surface area (TPSA) is 43.4 Å². The van der Waals surface area contributed by atoms with Gasteiger partial charge in [-0.1, -0.05) is 33.1 Å². The van der Waals surface area contributed by atoms with Gasteiger partial charge in [-0.05, 0) is 32.6 Å². The predicted octanol–water partition coefficient (Wildman–Crippen LogP) is 3.89. The third-order valence-corrected chi connectivity index (χ3v) is 4.88. The highest BCUT2D eigenvalue weighted by Gasteiger charge is 2.40. The van der Waals surface area contributed by atoms with Gasteiger partial charge in [0.25, 0.3) is 0 Å². The molecule has 1 saturated carbocycles. The molecule has 0 bridgehead atoms. The normalized spacial score (nSPS) is 28.7. The average Bonchev–Trinajstić information content (AvgIpc) is 2.32. The van der Waals surface area contributed by atoms with E-state index in [1.807, 2.05) is 6.92 Å². The molecule has 0 spiro atoms. The minimum atomic E-state index is -0.159. The van der Waals surface area contributed by atoms with E-state index in [2.05, 4.69) is 13.8 Å². The first-order chi connectivity index (χ1) is 8.86. The number of carbonyl (C=O) groups is 2. The smallest absolute Gasteiger partial charge is 0.306 e. The van der Waals surface area contributed by atoms with E-state index in [-0.39, 0.29) is 23.3 Å². The Kier molecular flexibility index (Phi) is 6.02. The highest BCUT2D eigenvalue weighted by atomic mass is 16.5. The summed E-state index contributed by atoms with van der Waals surface area (Å²) in [6.45, 7) is 8.08. The van der Waals surface area contributed by atoms with Crippen LogP contribution in [0.15, 0.2) is 0 Å². The molecule has 3 heteroatoms. The van der Waals surface area contributed by atoms with Gasteiger partial charge in [0.15, 0.2) is 0 Å². The van der Waals surface area contributed by atoms with E-state index < -0.39 is 0 Å². The van der Waals surface area contributed by atoms with Crippen LogP contribution in [-0.2, 0) is 14.3 Å². The van der Waals surface area contributed by atoms with E-state index >= 15 is 0 Å². The maximum atomic E-state index is 11.8. The van der Waals surface area contributed by atoms with Crippen LogP contribution in [0.25, 0.3) is 0 Å². The Morgan fingerprint density at radius 1 is 1.32 bits per heavy atom. The van der Waals surface area contributed by atoms with Gasteiger partial charge in [-0.3, -0.25) is 4.79 Å². The average molecular weight is 268 g/mol. The van der Waals surface area contributed by atoms with E-state index in [1.165, 1.54) is 19.3 Å². The molecule has 3 unspecified atom stereocenters. The van der Waals surface area contributed by atoms with E-state index in [9.17, 15) is 9.59 Å². The molecule has 0 saturated heterocycles. The van der Waals surface area contributed by atoms with Crippen molar-refractivity contribution in [3.05, 3.63) is 0 Å². The number of esters is 1. The molecule has 3 nitrogen and oxygen atoms in total. The van der Waals surface area contributed by atoms with Crippen LogP contribution in [0.1, 0.15) is 72.6 Å². The fraction of sp³-hybridized carbons (Fsp3) is 0.875. The van der Waals surface area contributed by atoms with E-state index in [0.29, 0.717) is 25.2 Å². The summed E-state index contributed by atoms with van der Waals surface area (Å²) in [7, 11) is 0. The van der Waals surface area contributed by atoms with Gasteiger partial charge in [0.1, 0.15) is 11.9 Å². The second-order valence-corrected chi connectivity index (χ2v) is 6.34. The lowest BCUT2D eigenvalue weighted by atomic mass is 9.65. The second kappa shape index (κ2) is 7.06. The molecule has 0 N–H and O–H groups in total. The molecule has 0 heterocycles. The zero-order valence-electron chi connectivity index (χ0n) is 12.8. The van der Waals surface area contributed by atoms with Crippen LogP contribution in [0.5, 0.6) is 0 Å². The number of hydrogen-bond acceptors (Lipinski definition) is 3. The number of Topliss-reactive ketones (excluding diaryl/α,β-unsaturated/α-hetero) is 1. The third kappa shape index (κ3) is 4.63. The SMILES string of the molecule is CC(=O)CCCC(=O)OC(C)C1(C)CCCCC1C. The summed E-state index contributed by atoms with van der Waals surface area (Å²) >= 11 is 0. The van der Waals surface area contributed by atoms with Crippen molar-refractivity contribution in [2.45, 2.75) is 78.7 Å². The highest BCUT2D eigenvalue weighted by Crippen LogP contribution is 2.44. The predicted molar refractivity (Wildman–Crippen MR) is 75.8 cm³/mol. The summed E-state index contributed by atoms with van der Waals surface area (Å²) in [4.78, 5) is 22.6. The van der Waals surface area contributed by atoms with Crippen molar-refractivity contribution >= 4 is 11.8 Å². The lowest BCUT2D eigenvalue weighted by Gasteiger charge is -2.43. The van der Waals surface area contributed by atoms with Gasteiger partial charge in [0, 0.05) is 18.3 Å². The Morgan fingerprint density at radius 3 is 2.58 bits per heavy atom. The molecule has 0 aromatic rings. The number of ketones is 1. The molecule has 0 aliphatic heterocycles. The summed E-state index contributed by atoms with van der Waals surface area (Å²) in [5.74, 6) is 0.572. The molecular weight excluding hydrogens is 240 g/mol. The Labute approximate surface area is 117 Å². The van der Waals surface area contributed by atoms with Crippen molar-refractivity contribution < 1.29 is 14.3 Å². The number of carbonyl (C=O) groups excluding carboxylic acids is 2. The van der Waals surface area contributed by atoms with Gasteiger partial charge in [0.2, 0.25) is 0 Å². The monoisotopic (exact) mass is 268 g/mol. The maximum Gasteiger partial charge on any atom is 0.306 e. The van der Waals surface area contributed by atoms with E-state index in [4.69, 9.17) is 4.74 Å². The van der Waals surface area contributed by atoms with Crippen molar-refractivity contribution in [3.8, 4) is 0 Å². The zero-order chi connectivity index (χ0) is 14.5. The summed E-state index contributed by atoms with van der Waals surface area (Å²) in [6, 6.07) is 0. The molecular formula is C16H28O3. The highest BCUT2D eigenvalue weighted by molar-refractivity contribution is 5.76. The summed E-state index contributed by atoms with van der Waals surface area (Å²) in [6.07, 6.45) is 6.27. The van der Waals surface area contributed by atoms with Gasteiger partial charge >= 0.3 is 5.97 Å². The van der Waals surface area contributed by atoms with Gasteiger partial charge in [0.05, 0.1) is 0 Å². The fourth-order valence-electron chi connectivity index (χ4n) is 3.01. The van der Waals surface area contributed by atoms with Crippen LogP contribution < -0.4 is 0 Å². The minimum absolute atomic E-state index is 0.0346. The van der Waals surface area contributed by atoms with Gasteiger partial charge in [-0.15, -0.1) is 0 Å². The molecule has 1 rings (SSSR count). The first kappa shape index (κ1) is 16.2. The van der Waals surface area contributed by atoms with Crippen molar-refractivity contribution in [2.75, 3.05) is 0 Å². The molecule has 1 aliphatic rings. The quantitative estimate of drug-likeness (QED) is 0.686. The van der Waals surface area contributed by atoms with Crippen molar-refractivity contribution in [1.29, 1.82) is 0 Å². The summed E-state index contributed by atoms with van der Waals surface area (Å²) in [5, 5.41) is 0. The van der Waals surface area contributed by atoms with Crippen molar-refractivity contribution in [1.82, 2.24) is 0 Å². The molecule has 1 fully saturated rings. The van der Waals surface area contributed by atoms with Gasteiger partial charge < -0.3 is 9.53 Å². The fourth-order valence-corrected chi connectivity index (χ4v) is 3.01. The van der Waals surface area contributed by atoms with Crippen LogP contribution in [-0.4, -0.2) is 17.9 Å². The van der Waals surface area contributed by atoms with Crippen LogP contribution >= 0.6 is 0 Å². The molecule has 0 aromatic heterocycles. The lowest BCUT2D eigenvalue weighted by Crippen LogP contribution is -2.41. The Bertz CT molecular complexity index is 324. The first-order valence-corrected chi connectivity index (χ1v) is 7.55. The summed E-state index contributed by atoms with van der Waals surface area (Å²) in [5.41, 5.74) is 0.106. The van der Waals surface area contributed by atoms with Crippen molar-refractivity contribution in [3.63, 3.8) is 0 Å². The van der Waals surface area contributed by atoms with Crippen LogP contribution in [0.3, 0.4) is 0 Å². The Hall–Kier alpha value is -0.860. The number of ether oxygens (including phenoxy) is 1. The maximum absolute atomic E-state index is 11.8. The second-order valence-electron chi connectivity index (χ2n) is 6.34. The van der Waals surface area contributed by atoms with Crippen LogP contribution in [0.4, 0.5) is 0 Å². The van der Waals surface area contributed by atoms with Gasteiger partial charge in [-0.2, -0.15) is 0 Å². The molecule has 0 aromatic carbocycles. The molecule has 0 amide bonds. The lowest BCUT2D eigenvalue weighted by molar-refractivity contribution is -0.158. The molecule has 0 radical (unpaired) electrons. The molecule has 110 valence electrons. The zero-order valence-corrected chi connectivity index (χ0v) is 12.8. The number of rotatable bonds is 6. The third-order valence-electron chi connectivity index (χ3n) is 4.88. The Balaban J connectivity index is 2.42. The molecule has 1 aliphatic carbocycles. The van der Waals surface area contributed by atoms with E-state index in [1.54, 1.807) is 6.92 Å².